The molecule has 0 unspecified atom stereocenters. The molecule has 0 saturated heterocycles. The average Bonchev–Trinajstić information content (AvgIpc) is 3.05. The first-order valence-electron chi connectivity index (χ1n) is 8.80. The minimum absolute atomic E-state index is 0.124. The summed E-state index contributed by atoms with van der Waals surface area (Å²) in [5.74, 6) is -0.318. The number of nitrogens with one attached hydrogen (secondary N) is 1. The maximum atomic E-state index is 13.0. The van der Waals surface area contributed by atoms with Crippen LogP contribution in [0.25, 0.3) is 11.3 Å². The number of hydrogen-bond donors (Lipinski definition) is 1. The molecule has 0 atom stereocenters. The van der Waals surface area contributed by atoms with Gasteiger partial charge >= 0.3 is 0 Å². The second kappa shape index (κ2) is 8.80. The number of amides is 2. The average molecular weight is 477 g/mol. The lowest BCUT2D eigenvalue weighted by Crippen LogP contribution is -2.35. The summed E-state index contributed by atoms with van der Waals surface area (Å²) in [6.45, 7) is 3.42. The van der Waals surface area contributed by atoms with Crippen LogP contribution in [0.5, 0.6) is 0 Å². The predicted octanol–water partition coefficient (Wildman–Crippen LogP) is 5.09. The maximum Gasteiger partial charge on any atom is 0.259 e. The highest BCUT2D eigenvalue weighted by molar-refractivity contribution is 9.10. The smallest absolute Gasteiger partial charge is 0.259 e. The van der Waals surface area contributed by atoms with Gasteiger partial charge in [-0.3, -0.25) is 9.59 Å². The molecule has 1 heterocycles. The van der Waals surface area contributed by atoms with Crippen molar-refractivity contribution in [3.8, 4) is 11.3 Å². The van der Waals surface area contributed by atoms with Crippen molar-refractivity contribution >= 4 is 45.0 Å². The molecule has 0 aliphatic rings. The minimum Gasteiger partial charge on any atom is -0.360 e. The Morgan fingerprint density at radius 2 is 1.93 bits per heavy atom. The first-order valence-corrected chi connectivity index (χ1v) is 9.97. The Labute approximate surface area is 182 Å². The first kappa shape index (κ1) is 21.1. The topological polar surface area (TPSA) is 75.4 Å². The number of aromatic nitrogens is 1. The number of benzene rings is 2. The summed E-state index contributed by atoms with van der Waals surface area (Å²) in [6.07, 6.45) is 0. The summed E-state index contributed by atoms with van der Waals surface area (Å²) < 4.78 is 6.17. The molecule has 29 heavy (non-hydrogen) atoms. The molecule has 0 aliphatic carbocycles. The van der Waals surface area contributed by atoms with E-state index in [4.69, 9.17) is 16.1 Å². The van der Waals surface area contributed by atoms with E-state index >= 15 is 0 Å². The Morgan fingerprint density at radius 3 is 2.62 bits per heavy atom. The highest BCUT2D eigenvalue weighted by Gasteiger charge is 2.26. The molecule has 0 fully saturated rings. The molecule has 0 spiro atoms. The Balaban J connectivity index is 1.78. The molecule has 3 aromatic rings. The number of nitrogens with zero attached hydrogens (tertiary/aromatic N) is 2. The highest BCUT2D eigenvalue weighted by atomic mass is 79.9. The molecule has 0 radical (unpaired) electrons. The number of halogens is 2. The van der Waals surface area contributed by atoms with Crippen LogP contribution in [0.4, 0.5) is 5.69 Å². The Morgan fingerprint density at radius 1 is 1.21 bits per heavy atom. The molecule has 2 aromatic carbocycles. The van der Waals surface area contributed by atoms with Crippen LogP contribution in [0, 0.1) is 13.8 Å². The molecule has 0 saturated carbocycles. The molecule has 2 amide bonds. The highest BCUT2D eigenvalue weighted by Crippen LogP contribution is 2.31. The van der Waals surface area contributed by atoms with Crippen LogP contribution in [0.15, 0.2) is 51.5 Å². The number of likely N-dealkylation sites (N-methyl/N-ethyl adjacent to an activating group) is 1. The minimum atomic E-state index is -0.374. The van der Waals surface area contributed by atoms with Crippen LogP contribution in [0.2, 0.25) is 5.02 Å². The predicted molar refractivity (Wildman–Crippen MR) is 116 cm³/mol. The van der Waals surface area contributed by atoms with Gasteiger partial charge in [-0.15, -0.1) is 0 Å². The molecular formula is C21H19BrClN3O3. The molecule has 1 N–H and O–H groups in total. The molecule has 8 heteroatoms. The third-order valence-corrected chi connectivity index (χ3v) is 5.22. The lowest BCUT2D eigenvalue weighted by molar-refractivity contribution is -0.116. The Bertz CT molecular complexity index is 1080. The third kappa shape index (κ3) is 4.68. The number of anilines is 1. The Hall–Kier alpha value is -2.64. The van der Waals surface area contributed by atoms with Crippen molar-refractivity contribution in [2.75, 3.05) is 18.9 Å². The van der Waals surface area contributed by atoms with Crippen LogP contribution >= 0.6 is 27.5 Å². The van der Waals surface area contributed by atoms with E-state index in [1.807, 2.05) is 19.1 Å². The zero-order valence-corrected chi connectivity index (χ0v) is 18.5. The summed E-state index contributed by atoms with van der Waals surface area (Å²) in [5.41, 5.74) is 2.84. The number of carbonyl (C=O) groups is 2. The van der Waals surface area contributed by atoms with Gasteiger partial charge in [0.1, 0.15) is 17.0 Å². The third-order valence-electron chi connectivity index (χ3n) is 4.40. The molecule has 0 aliphatic heterocycles. The van der Waals surface area contributed by atoms with Gasteiger partial charge in [0, 0.05) is 22.8 Å². The van der Waals surface area contributed by atoms with Gasteiger partial charge in [-0.2, -0.15) is 0 Å². The molecule has 150 valence electrons. The fraction of sp³-hybridized carbons (Fsp3) is 0.190. The van der Waals surface area contributed by atoms with E-state index in [1.165, 1.54) is 4.90 Å². The second-order valence-electron chi connectivity index (χ2n) is 6.61. The van der Waals surface area contributed by atoms with Gasteiger partial charge in [-0.25, -0.2) is 0 Å². The lowest BCUT2D eigenvalue weighted by Gasteiger charge is -2.17. The second-order valence-corrected chi connectivity index (χ2v) is 7.93. The van der Waals surface area contributed by atoms with Gasteiger partial charge in [0.15, 0.2) is 0 Å². The van der Waals surface area contributed by atoms with Crippen LogP contribution in [0.3, 0.4) is 0 Å². The van der Waals surface area contributed by atoms with Gasteiger partial charge in [0.2, 0.25) is 5.91 Å². The van der Waals surface area contributed by atoms with Crippen molar-refractivity contribution < 1.29 is 14.1 Å². The van der Waals surface area contributed by atoms with Gasteiger partial charge < -0.3 is 14.7 Å². The number of aryl methyl sites for hydroxylation is 2. The van der Waals surface area contributed by atoms with Gasteiger partial charge in [0.05, 0.1) is 11.6 Å². The van der Waals surface area contributed by atoms with Crippen LogP contribution in [-0.2, 0) is 4.79 Å². The monoisotopic (exact) mass is 475 g/mol. The van der Waals surface area contributed by atoms with Crippen LogP contribution < -0.4 is 5.32 Å². The fourth-order valence-electron chi connectivity index (χ4n) is 2.90. The van der Waals surface area contributed by atoms with E-state index in [2.05, 4.69) is 26.4 Å². The van der Waals surface area contributed by atoms with Crippen molar-refractivity contribution in [2.24, 2.45) is 0 Å². The van der Waals surface area contributed by atoms with Crippen molar-refractivity contribution in [3.63, 3.8) is 0 Å². The Kier molecular flexibility index (Phi) is 6.39. The van der Waals surface area contributed by atoms with E-state index in [-0.39, 0.29) is 23.9 Å². The largest absolute Gasteiger partial charge is 0.360 e. The summed E-state index contributed by atoms with van der Waals surface area (Å²) >= 11 is 9.64. The summed E-state index contributed by atoms with van der Waals surface area (Å²) in [4.78, 5) is 26.8. The molecular weight excluding hydrogens is 458 g/mol. The van der Waals surface area contributed by atoms with Gasteiger partial charge in [-0.1, -0.05) is 50.9 Å². The quantitative estimate of drug-likeness (QED) is 0.557. The first-order chi connectivity index (χ1) is 13.8. The SMILES string of the molecule is Cc1cc(Br)ccc1NC(=O)CN(C)C(=O)c1c(-c2ccccc2Cl)noc1C. The fourth-order valence-corrected chi connectivity index (χ4v) is 3.60. The van der Waals surface area contributed by atoms with Gasteiger partial charge in [-0.05, 0) is 43.7 Å². The summed E-state index contributed by atoms with van der Waals surface area (Å²) in [6, 6.07) is 12.6. The van der Waals surface area contributed by atoms with Crippen LogP contribution in [-0.4, -0.2) is 35.5 Å². The number of rotatable bonds is 5. The maximum absolute atomic E-state index is 13.0. The van der Waals surface area contributed by atoms with Gasteiger partial charge in [0.25, 0.3) is 5.91 Å². The zero-order valence-electron chi connectivity index (χ0n) is 16.1. The van der Waals surface area contributed by atoms with E-state index in [0.29, 0.717) is 27.7 Å². The zero-order chi connectivity index (χ0) is 21.1. The lowest BCUT2D eigenvalue weighted by atomic mass is 10.1. The van der Waals surface area contributed by atoms with E-state index in [0.717, 1.165) is 10.0 Å². The summed E-state index contributed by atoms with van der Waals surface area (Å²) in [7, 11) is 1.55. The van der Waals surface area contributed by atoms with Crippen molar-refractivity contribution in [2.45, 2.75) is 13.8 Å². The number of carbonyl (C=O) groups excluding carboxylic acids is 2. The van der Waals surface area contributed by atoms with Crippen LogP contribution in [0.1, 0.15) is 21.7 Å². The molecule has 3 rings (SSSR count). The standard InChI is InChI=1S/C21H19BrClN3O3/c1-12-10-14(22)8-9-17(12)24-18(27)11-26(3)21(28)19-13(2)29-25-20(19)15-6-4-5-7-16(15)23/h4-10H,11H2,1-3H3,(H,24,27). The van der Waals surface area contributed by atoms with Crippen molar-refractivity contribution in [1.29, 1.82) is 0 Å². The number of hydrogen-bond acceptors (Lipinski definition) is 4. The molecule has 6 nitrogen and oxygen atoms in total. The normalized spacial score (nSPS) is 10.7. The molecule has 0 bridgehead atoms. The summed E-state index contributed by atoms with van der Waals surface area (Å²) in [5, 5.41) is 7.29. The van der Waals surface area contributed by atoms with Crippen molar-refractivity contribution in [3.05, 3.63) is 68.8 Å². The van der Waals surface area contributed by atoms with Crippen molar-refractivity contribution in [1.82, 2.24) is 10.1 Å². The van der Waals surface area contributed by atoms with E-state index in [1.54, 1.807) is 44.3 Å². The van der Waals surface area contributed by atoms with E-state index < -0.39 is 0 Å². The molecule has 1 aromatic heterocycles. The van der Waals surface area contributed by atoms with E-state index in [9.17, 15) is 9.59 Å².